The summed E-state index contributed by atoms with van der Waals surface area (Å²) in [6.45, 7) is 0.574. The molecule has 1 unspecified atom stereocenters. The second-order valence-electron chi connectivity index (χ2n) is 5.10. The van der Waals surface area contributed by atoms with E-state index in [9.17, 15) is 14.4 Å². The molecule has 112 valence electrons. The minimum Gasteiger partial charge on any atom is -0.481 e. The van der Waals surface area contributed by atoms with Crippen LogP contribution in [-0.2, 0) is 20.8 Å². The Labute approximate surface area is 122 Å². The topological polar surface area (TPSA) is 86.7 Å². The van der Waals surface area contributed by atoms with E-state index in [0.717, 1.165) is 5.56 Å². The van der Waals surface area contributed by atoms with E-state index in [4.69, 9.17) is 5.11 Å². The molecule has 0 saturated carbocycles. The van der Waals surface area contributed by atoms with Crippen LogP contribution in [0.15, 0.2) is 30.3 Å². The van der Waals surface area contributed by atoms with Gasteiger partial charge >= 0.3 is 5.97 Å². The third-order valence-electron chi connectivity index (χ3n) is 3.53. The van der Waals surface area contributed by atoms with E-state index in [1.54, 1.807) is 0 Å². The van der Waals surface area contributed by atoms with Crippen molar-refractivity contribution >= 4 is 17.8 Å². The number of carboxylic acid groups (broad SMARTS) is 1. The van der Waals surface area contributed by atoms with E-state index >= 15 is 0 Å². The predicted octanol–water partition coefficient (Wildman–Crippen LogP) is 0.278. The van der Waals surface area contributed by atoms with Gasteiger partial charge in [-0.1, -0.05) is 30.3 Å². The Hall–Kier alpha value is -2.37. The molecule has 1 aromatic carbocycles. The Morgan fingerprint density at radius 3 is 2.57 bits per heavy atom. The highest BCUT2D eigenvalue weighted by molar-refractivity contribution is 5.86. The zero-order valence-corrected chi connectivity index (χ0v) is 11.6. The molecule has 0 spiro atoms. The number of rotatable bonds is 5. The molecule has 1 fully saturated rings. The van der Waals surface area contributed by atoms with Gasteiger partial charge in [0, 0.05) is 13.1 Å². The fourth-order valence-corrected chi connectivity index (χ4v) is 2.32. The first-order valence-electron chi connectivity index (χ1n) is 6.87. The third kappa shape index (κ3) is 4.30. The van der Waals surface area contributed by atoms with Crippen LogP contribution in [0.5, 0.6) is 0 Å². The maximum Gasteiger partial charge on any atom is 0.308 e. The Morgan fingerprint density at radius 1 is 1.24 bits per heavy atom. The van der Waals surface area contributed by atoms with Gasteiger partial charge < -0.3 is 15.3 Å². The lowest BCUT2D eigenvalue weighted by Crippen LogP contribution is -2.39. The number of amides is 2. The number of carboxylic acids is 1. The Morgan fingerprint density at radius 2 is 1.95 bits per heavy atom. The van der Waals surface area contributed by atoms with Crippen LogP contribution in [-0.4, -0.2) is 47.4 Å². The van der Waals surface area contributed by atoms with E-state index in [2.05, 4.69) is 5.32 Å². The molecule has 0 bridgehead atoms. The first kappa shape index (κ1) is 15.0. The maximum absolute atomic E-state index is 11.9. The highest BCUT2D eigenvalue weighted by atomic mass is 16.4. The molecule has 0 aliphatic carbocycles. The second-order valence-corrected chi connectivity index (χ2v) is 5.10. The molecule has 1 aromatic rings. The first-order chi connectivity index (χ1) is 10.1. The summed E-state index contributed by atoms with van der Waals surface area (Å²) >= 11 is 0. The van der Waals surface area contributed by atoms with Crippen molar-refractivity contribution in [3.05, 3.63) is 35.9 Å². The second kappa shape index (κ2) is 6.88. The normalized spacial score (nSPS) is 17.5. The molecule has 6 nitrogen and oxygen atoms in total. The van der Waals surface area contributed by atoms with Gasteiger partial charge in [0.05, 0.1) is 18.9 Å². The van der Waals surface area contributed by atoms with Crippen molar-refractivity contribution in [3.63, 3.8) is 0 Å². The number of benzene rings is 1. The highest BCUT2D eigenvalue weighted by Crippen LogP contribution is 2.15. The molecule has 1 atom stereocenters. The minimum absolute atomic E-state index is 0.0853. The summed E-state index contributed by atoms with van der Waals surface area (Å²) in [7, 11) is 0. The average Bonchev–Trinajstić information content (AvgIpc) is 2.96. The van der Waals surface area contributed by atoms with Crippen molar-refractivity contribution in [2.75, 3.05) is 19.6 Å². The summed E-state index contributed by atoms with van der Waals surface area (Å²) in [5.41, 5.74) is 0.884. The fraction of sp³-hybridized carbons (Fsp3) is 0.400. The van der Waals surface area contributed by atoms with Gasteiger partial charge in [-0.05, 0) is 12.0 Å². The van der Waals surface area contributed by atoms with Crippen molar-refractivity contribution in [1.29, 1.82) is 0 Å². The quantitative estimate of drug-likeness (QED) is 0.815. The number of hydrogen-bond acceptors (Lipinski definition) is 3. The zero-order valence-electron chi connectivity index (χ0n) is 11.6. The molecule has 2 N–H and O–H groups in total. The van der Waals surface area contributed by atoms with Crippen LogP contribution in [0.1, 0.15) is 12.0 Å². The summed E-state index contributed by atoms with van der Waals surface area (Å²) in [5.74, 6) is -1.82. The summed E-state index contributed by atoms with van der Waals surface area (Å²) < 4.78 is 0. The van der Waals surface area contributed by atoms with Crippen molar-refractivity contribution in [1.82, 2.24) is 10.2 Å². The smallest absolute Gasteiger partial charge is 0.308 e. The van der Waals surface area contributed by atoms with Gasteiger partial charge in [0.2, 0.25) is 11.8 Å². The lowest BCUT2D eigenvalue weighted by molar-refractivity contribution is -0.141. The van der Waals surface area contributed by atoms with E-state index in [1.807, 2.05) is 30.3 Å². The lowest BCUT2D eigenvalue weighted by Gasteiger charge is -2.16. The van der Waals surface area contributed by atoms with Gasteiger partial charge in [-0.3, -0.25) is 14.4 Å². The molecule has 0 radical (unpaired) electrons. The van der Waals surface area contributed by atoms with Crippen molar-refractivity contribution in [3.8, 4) is 0 Å². The predicted molar refractivity (Wildman–Crippen MR) is 75.5 cm³/mol. The van der Waals surface area contributed by atoms with Crippen LogP contribution >= 0.6 is 0 Å². The summed E-state index contributed by atoms with van der Waals surface area (Å²) in [5, 5.41) is 11.5. The van der Waals surface area contributed by atoms with Gasteiger partial charge in [-0.25, -0.2) is 0 Å². The molecular weight excluding hydrogens is 272 g/mol. The molecule has 1 aliphatic heterocycles. The van der Waals surface area contributed by atoms with Crippen molar-refractivity contribution < 1.29 is 19.5 Å². The number of aliphatic carboxylic acids is 1. The number of nitrogens with zero attached hydrogens (tertiary/aromatic N) is 1. The van der Waals surface area contributed by atoms with Gasteiger partial charge in [0.15, 0.2) is 0 Å². The minimum atomic E-state index is -0.876. The number of nitrogens with one attached hydrogen (secondary N) is 1. The number of hydrogen-bond donors (Lipinski definition) is 2. The van der Waals surface area contributed by atoms with E-state index in [1.165, 1.54) is 4.90 Å². The van der Waals surface area contributed by atoms with Gasteiger partial charge in [0.1, 0.15) is 0 Å². The average molecular weight is 290 g/mol. The van der Waals surface area contributed by atoms with Crippen LogP contribution in [0.3, 0.4) is 0 Å². The SMILES string of the molecule is O=C(Cc1ccccc1)NCC(=O)N1CCC(C(=O)O)C1. The molecular formula is C15H18N2O4. The third-order valence-corrected chi connectivity index (χ3v) is 3.53. The number of carbonyl (C=O) groups is 3. The van der Waals surface area contributed by atoms with E-state index in [-0.39, 0.29) is 31.3 Å². The molecule has 2 amide bonds. The highest BCUT2D eigenvalue weighted by Gasteiger charge is 2.30. The molecule has 1 heterocycles. The number of carbonyl (C=O) groups excluding carboxylic acids is 2. The molecule has 2 rings (SSSR count). The Kier molecular flexibility index (Phi) is 4.92. The standard InChI is InChI=1S/C15H18N2O4/c18-13(8-11-4-2-1-3-5-11)16-9-14(19)17-7-6-12(10-17)15(20)21/h1-5,12H,6-10H2,(H,16,18)(H,20,21). The van der Waals surface area contributed by atoms with E-state index in [0.29, 0.717) is 13.0 Å². The molecule has 1 saturated heterocycles. The number of likely N-dealkylation sites (tertiary alicyclic amines) is 1. The van der Waals surface area contributed by atoms with E-state index < -0.39 is 11.9 Å². The summed E-state index contributed by atoms with van der Waals surface area (Å²) in [6, 6.07) is 9.27. The Bertz CT molecular complexity index is 530. The zero-order chi connectivity index (χ0) is 15.2. The largest absolute Gasteiger partial charge is 0.481 e. The van der Waals surface area contributed by atoms with Crippen LogP contribution in [0.25, 0.3) is 0 Å². The van der Waals surface area contributed by atoms with Crippen LogP contribution in [0.4, 0.5) is 0 Å². The summed E-state index contributed by atoms with van der Waals surface area (Å²) in [4.78, 5) is 35.9. The Balaban J connectivity index is 1.74. The molecule has 0 aromatic heterocycles. The summed E-state index contributed by atoms with van der Waals surface area (Å²) in [6.07, 6.45) is 0.699. The fourth-order valence-electron chi connectivity index (χ4n) is 2.32. The molecule has 1 aliphatic rings. The van der Waals surface area contributed by atoms with Gasteiger partial charge in [-0.15, -0.1) is 0 Å². The van der Waals surface area contributed by atoms with Gasteiger partial charge in [0.25, 0.3) is 0 Å². The monoisotopic (exact) mass is 290 g/mol. The van der Waals surface area contributed by atoms with Crippen molar-refractivity contribution in [2.45, 2.75) is 12.8 Å². The molecule has 6 heteroatoms. The van der Waals surface area contributed by atoms with Crippen LogP contribution < -0.4 is 5.32 Å². The first-order valence-corrected chi connectivity index (χ1v) is 6.87. The van der Waals surface area contributed by atoms with Crippen molar-refractivity contribution in [2.24, 2.45) is 5.92 Å². The van der Waals surface area contributed by atoms with Crippen LogP contribution in [0, 0.1) is 5.92 Å². The van der Waals surface area contributed by atoms with Crippen LogP contribution in [0.2, 0.25) is 0 Å². The van der Waals surface area contributed by atoms with Gasteiger partial charge in [-0.2, -0.15) is 0 Å². The maximum atomic E-state index is 11.9. The lowest BCUT2D eigenvalue weighted by atomic mass is 10.1. The molecule has 21 heavy (non-hydrogen) atoms.